The largest absolute Gasteiger partial charge is 0.479 e. The quantitative estimate of drug-likeness (QED) is 0.884. The second-order valence-corrected chi connectivity index (χ2v) is 6.49. The highest BCUT2D eigenvalue weighted by molar-refractivity contribution is 6.32. The van der Waals surface area contributed by atoms with Gasteiger partial charge >= 0.3 is 5.97 Å². The fraction of sp³-hybridized carbons (Fsp3) is 0.412. The molecule has 1 aromatic heterocycles. The van der Waals surface area contributed by atoms with Gasteiger partial charge in [-0.05, 0) is 31.9 Å². The van der Waals surface area contributed by atoms with Gasteiger partial charge in [-0.2, -0.15) is 0 Å². The van der Waals surface area contributed by atoms with Crippen molar-refractivity contribution in [2.24, 2.45) is 0 Å². The second kappa shape index (κ2) is 6.45. The van der Waals surface area contributed by atoms with Crippen LogP contribution in [0.25, 0.3) is 11.0 Å². The van der Waals surface area contributed by atoms with Crippen molar-refractivity contribution >= 4 is 34.4 Å². The third-order valence-corrected chi connectivity index (χ3v) is 4.79. The predicted molar refractivity (Wildman–Crippen MR) is 88.2 cm³/mol. The first-order chi connectivity index (χ1) is 11.4. The minimum atomic E-state index is -1.35. The van der Waals surface area contributed by atoms with Gasteiger partial charge < -0.3 is 19.6 Å². The summed E-state index contributed by atoms with van der Waals surface area (Å²) >= 11 is 6.07. The van der Waals surface area contributed by atoms with E-state index in [9.17, 15) is 14.7 Å². The molecular weight excluding hydrogens is 334 g/mol. The van der Waals surface area contributed by atoms with Crippen molar-refractivity contribution in [2.45, 2.75) is 31.7 Å². The Kier molecular flexibility index (Phi) is 4.51. The summed E-state index contributed by atoms with van der Waals surface area (Å²) in [6, 6.07) is 3.55. The number of ether oxygens (including phenoxy) is 1. The Morgan fingerprint density at radius 2 is 2.21 bits per heavy atom. The molecule has 7 heteroatoms. The Labute approximate surface area is 143 Å². The van der Waals surface area contributed by atoms with Crippen LogP contribution in [-0.4, -0.2) is 35.7 Å². The van der Waals surface area contributed by atoms with Gasteiger partial charge in [0.25, 0.3) is 0 Å². The van der Waals surface area contributed by atoms with Crippen molar-refractivity contribution in [3.8, 4) is 0 Å². The van der Waals surface area contributed by atoms with Crippen LogP contribution in [-0.2, 0) is 20.7 Å². The number of benzene rings is 1. The Bertz CT molecular complexity index is 792. The van der Waals surface area contributed by atoms with Crippen LogP contribution in [0.1, 0.15) is 24.0 Å². The van der Waals surface area contributed by atoms with Gasteiger partial charge in [0.05, 0.1) is 19.3 Å². The Morgan fingerprint density at radius 3 is 2.88 bits per heavy atom. The van der Waals surface area contributed by atoms with E-state index in [4.69, 9.17) is 20.8 Å². The molecule has 128 valence electrons. The third-order valence-electron chi connectivity index (χ3n) is 4.38. The number of halogens is 1. The number of rotatable bonds is 4. The average molecular weight is 352 g/mol. The standard InChI is InChI=1S/C17H18ClNO5/c1-10-13(18)4-3-12-11(8-24-15(10)12)7-14(20)19-17(16(21)22)5-2-6-23-9-17/h3-4,8H,2,5-7,9H2,1H3,(H,19,20)(H,21,22). The summed E-state index contributed by atoms with van der Waals surface area (Å²) < 4.78 is 10.8. The van der Waals surface area contributed by atoms with Crippen molar-refractivity contribution in [2.75, 3.05) is 13.2 Å². The first-order valence-electron chi connectivity index (χ1n) is 7.70. The van der Waals surface area contributed by atoms with Crippen LogP contribution in [0.4, 0.5) is 0 Å². The summed E-state index contributed by atoms with van der Waals surface area (Å²) in [6.07, 6.45) is 2.50. The monoisotopic (exact) mass is 351 g/mol. The number of carboxylic acids is 1. The molecule has 0 radical (unpaired) electrons. The minimum absolute atomic E-state index is 0.0189. The van der Waals surface area contributed by atoms with E-state index in [1.54, 1.807) is 12.1 Å². The molecule has 1 aliphatic rings. The van der Waals surface area contributed by atoms with Crippen molar-refractivity contribution in [1.82, 2.24) is 5.32 Å². The molecule has 1 atom stereocenters. The SMILES string of the molecule is Cc1c(Cl)ccc2c(CC(=O)NC3(C(=O)O)CCCOC3)coc12. The maximum Gasteiger partial charge on any atom is 0.331 e. The number of carboxylic acid groups (broad SMARTS) is 1. The van der Waals surface area contributed by atoms with E-state index in [-0.39, 0.29) is 18.9 Å². The number of furan rings is 1. The molecule has 6 nitrogen and oxygen atoms in total. The lowest BCUT2D eigenvalue weighted by atomic mass is 9.92. The highest BCUT2D eigenvalue weighted by atomic mass is 35.5. The molecule has 3 rings (SSSR count). The molecule has 0 aliphatic carbocycles. The Balaban J connectivity index is 1.80. The van der Waals surface area contributed by atoms with Gasteiger partial charge in [0.1, 0.15) is 5.58 Å². The van der Waals surface area contributed by atoms with Crippen LogP contribution < -0.4 is 5.32 Å². The van der Waals surface area contributed by atoms with Crippen LogP contribution in [0.5, 0.6) is 0 Å². The van der Waals surface area contributed by atoms with Crippen molar-refractivity contribution in [3.63, 3.8) is 0 Å². The normalized spacial score (nSPS) is 20.9. The number of amides is 1. The molecule has 2 aromatic rings. The molecule has 1 unspecified atom stereocenters. The molecule has 0 bridgehead atoms. The molecular formula is C17H18ClNO5. The summed E-state index contributed by atoms with van der Waals surface area (Å²) in [5.41, 5.74) is 0.788. The highest BCUT2D eigenvalue weighted by Gasteiger charge is 2.42. The van der Waals surface area contributed by atoms with Crippen LogP contribution >= 0.6 is 11.6 Å². The van der Waals surface area contributed by atoms with E-state index in [2.05, 4.69) is 5.32 Å². The number of carbonyl (C=O) groups excluding carboxylic acids is 1. The van der Waals surface area contributed by atoms with E-state index in [0.717, 1.165) is 10.9 Å². The summed E-state index contributed by atoms with van der Waals surface area (Å²) in [7, 11) is 0. The third kappa shape index (κ3) is 2.99. The highest BCUT2D eigenvalue weighted by Crippen LogP contribution is 2.29. The van der Waals surface area contributed by atoms with Crippen LogP contribution in [0, 0.1) is 6.92 Å². The zero-order valence-corrected chi connectivity index (χ0v) is 14.0. The van der Waals surface area contributed by atoms with E-state index in [1.807, 2.05) is 6.92 Å². The van der Waals surface area contributed by atoms with E-state index >= 15 is 0 Å². The van der Waals surface area contributed by atoms with Gasteiger partial charge in [0.2, 0.25) is 5.91 Å². The van der Waals surface area contributed by atoms with Crippen LogP contribution in [0.3, 0.4) is 0 Å². The molecule has 1 aliphatic heterocycles. The lowest BCUT2D eigenvalue weighted by Gasteiger charge is -2.33. The van der Waals surface area contributed by atoms with Gasteiger partial charge in [-0.15, -0.1) is 0 Å². The van der Waals surface area contributed by atoms with E-state index in [1.165, 1.54) is 6.26 Å². The van der Waals surface area contributed by atoms with Crippen LogP contribution in [0.15, 0.2) is 22.8 Å². The van der Waals surface area contributed by atoms with Gasteiger partial charge in [0.15, 0.2) is 5.54 Å². The number of carbonyl (C=O) groups is 2. The van der Waals surface area contributed by atoms with Gasteiger partial charge in [-0.25, -0.2) is 4.79 Å². The number of aryl methyl sites for hydroxylation is 1. The summed E-state index contributed by atoms with van der Waals surface area (Å²) in [5.74, 6) is -1.45. The van der Waals surface area contributed by atoms with Gasteiger partial charge in [-0.3, -0.25) is 4.79 Å². The van der Waals surface area contributed by atoms with Crippen LogP contribution in [0.2, 0.25) is 5.02 Å². The summed E-state index contributed by atoms with van der Waals surface area (Å²) in [4.78, 5) is 24.0. The molecule has 2 N–H and O–H groups in total. The number of hydrogen-bond acceptors (Lipinski definition) is 4. The maximum atomic E-state index is 12.4. The number of aliphatic carboxylic acids is 1. The first kappa shape index (κ1) is 16.8. The average Bonchev–Trinajstić information content (AvgIpc) is 2.95. The first-order valence-corrected chi connectivity index (χ1v) is 8.08. The number of nitrogens with one attached hydrogen (secondary N) is 1. The lowest BCUT2D eigenvalue weighted by Crippen LogP contribution is -2.59. The lowest BCUT2D eigenvalue weighted by molar-refractivity contribution is -0.153. The molecule has 1 fully saturated rings. The van der Waals surface area contributed by atoms with Gasteiger partial charge in [0, 0.05) is 28.1 Å². The molecule has 2 heterocycles. The van der Waals surface area contributed by atoms with Crippen molar-refractivity contribution in [1.29, 1.82) is 0 Å². The van der Waals surface area contributed by atoms with Crippen molar-refractivity contribution < 1.29 is 23.8 Å². The molecule has 1 amide bonds. The Morgan fingerprint density at radius 1 is 1.42 bits per heavy atom. The van der Waals surface area contributed by atoms with E-state index in [0.29, 0.717) is 35.6 Å². The topological polar surface area (TPSA) is 88.8 Å². The van der Waals surface area contributed by atoms with E-state index < -0.39 is 11.5 Å². The van der Waals surface area contributed by atoms with Gasteiger partial charge in [-0.1, -0.05) is 11.6 Å². The number of hydrogen-bond donors (Lipinski definition) is 2. The molecule has 1 aromatic carbocycles. The molecule has 1 saturated heterocycles. The fourth-order valence-corrected chi connectivity index (χ4v) is 3.15. The second-order valence-electron chi connectivity index (χ2n) is 6.08. The minimum Gasteiger partial charge on any atom is -0.479 e. The zero-order chi connectivity index (χ0) is 17.3. The smallest absolute Gasteiger partial charge is 0.331 e. The Hall–Kier alpha value is -2.05. The fourth-order valence-electron chi connectivity index (χ4n) is 3.00. The number of fused-ring (bicyclic) bond motifs is 1. The molecule has 0 spiro atoms. The predicted octanol–water partition coefficient (Wildman–Crippen LogP) is 2.69. The maximum absolute atomic E-state index is 12.4. The molecule has 24 heavy (non-hydrogen) atoms. The summed E-state index contributed by atoms with van der Waals surface area (Å²) in [6.45, 7) is 2.34. The summed E-state index contributed by atoms with van der Waals surface area (Å²) in [5, 5.41) is 13.5. The van der Waals surface area contributed by atoms with Crippen molar-refractivity contribution in [3.05, 3.63) is 34.5 Å². The molecule has 0 saturated carbocycles. The zero-order valence-electron chi connectivity index (χ0n) is 13.2.